The highest BCUT2D eigenvalue weighted by atomic mass is 28.3. The maximum Gasteiger partial charge on any atom is 0.0695 e. The molecule has 0 aliphatic heterocycles. The van der Waals surface area contributed by atoms with Gasteiger partial charge in [-0.2, -0.15) is 0 Å². The smallest absolute Gasteiger partial charge is 0.0695 e. The minimum Gasteiger partial charge on any atom is -0.115 e. The molecule has 0 N–H and O–H groups in total. The van der Waals surface area contributed by atoms with E-state index in [9.17, 15) is 0 Å². The minimum absolute atomic E-state index is 1.00. The Kier molecular flexibility index (Phi) is 8.85. The van der Waals surface area contributed by atoms with Crippen molar-refractivity contribution in [3.63, 3.8) is 0 Å². The zero-order valence-corrected chi connectivity index (χ0v) is 9.09. The molecule has 12 heavy (non-hydrogen) atoms. The summed E-state index contributed by atoms with van der Waals surface area (Å²) >= 11 is 0. The minimum atomic E-state index is -1.00. The van der Waals surface area contributed by atoms with E-state index in [1.54, 1.807) is 6.08 Å². The molecular weight excluding hydrogens is 160 g/mol. The molecule has 1 heteroatoms. The average Bonchev–Trinajstić information content (AvgIpc) is 2.00. The molecule has 0 atom stereocenters. The van der Waals surface area contributed by atoms with Gasteiger partial charge in [-0.25, -0.2) is 0 Å². The number of allylic oxidation sites excluding steroid dienone is 2. The van der Waals surface area contributed by atoms with Crippen LogP contribution in [0.4, 0.5) is 0 Å². The maximum atomic E-state index is 5.02. The third-order valence-corrected chi connectivity index (χ3v) is 1.96. The molecule has 0 bridgehead atoms. The fourth-order valence-electron chi connectivity index (χ4n) is 0.298. The number of terminal acetylenes is 2. The monoisotopic (exact) mass is 176 g/mol. The van der Waals surface area contributed by atoms with Gasteiger partial charge in [-0.1, -0.05) is 43.8 Å². The van der Waals surface area contributed by atoms with Gasteiger partial charge < -0.3 is 0 Å². The Morgan fingerprint density at radius 3 is 1.67 bits per heavy atom. The maximum absolute atomic E-state index is 5.02. The highest BCUT2D eigenvalue weighted by Gasteiger charge is 2.05. The predicted molar refractivity (Wildman–Crippen MR) is 60.3 cm³/mol. The van der Waals surface area contributed by atoms with Gasteiger partial charge in [0.15, 0.2) is 0 Å². The summed E-state index contributed by atoms with van der Waals surface area (Å²) in [6, 6.07) is 0. The lowest BCUT2D eigenvalue weighted by atomic mass is 10.7. The zero-order valence-electron chi connectivity index (χ0n) is 8.09. The first kappa shape index (κ1) is 13.4. The van der Waals surface area contributed by atoms with Gasteiger partial charge in [0.05, 0.1) is 8.07 Å². The molecule has 0 nitrogen and oxygen atoms in total. The molecule has 0 aliphatic carbocycles. The van der Waals surface area contributed by atoms with Crippen LogP contribution in [0, 0.1) is 24.7 Å². The first-order valence-electron chi connectivity index (χ1n) is 3.68. The Hall–Kier alpha value is -1.18. The van der Waals surface area contributed by atoms with E-state index in [0.717, 1.165) is 0 Å². The van der Waals surface area contributed by atoms with Crippen molar-refractivity contribution >= 4 is 8.07 Å². The molecule has 0 saturated heterocycles. The van der Waals surface area contributed by atoms with Gasteiger partial charge in [-0.3, -0.25) is 0 Å². The second-order valence-corrected chi connectivity index (χ2v) is 8.30. The molecule has 0 rings (SSSR count). The van der Waals surface area contributed by atoms with E-state index < -0.39 is 8.07 Å². The van der Waals surface area contributed by atoms with Crippen LogP contribution in [0.25, 0.3) is 0 Å². The van der Waals surface area contributed by atoms with Crippen LogP contribution in [0.2, 0.25) is 19.6 Å². The second-order valence-electron chi connectivity index (χ2n) is 3.24. The Morgan fingerprint density at radius 1 is 1.17 bits per heavy atom. The fourth-order valence-corrected chi connectivity index (χ4v) is 0.894. The summed E-state index contributed by atoms with van der Waals surface area (Å²) in [4.78, 5) is 0. The fraction of sp³-hybridized carbons (Fsp3) is 0.273. The molecule has 0 saturated carbocycles. The van der Waals surface area contributed by atoms with Crippen molar-refractivity contribution in [2.45, 2.75) is 19.6 Å². The summed E-state index contributed by atoms with van der Waals surface area (Å²) in [6.07, 6.45) is 12.9. The Bertz CT molecular complexity index is 215. The third kappa shape index (κ3) is 23.2. The highest BCUT2D eigenvalue weighted by molar-refractivity contribution is 6.81. The average molecular weight is 176 g/mol. The van der Waals surface area contributed by atoms with E-state index in [0.29, 0.717) is 0 Å². The molecule has 0 fully saturated rings. The number of hydrogen-bond donors (Lipinski definition) is 0. The Labute approximate surface area is 77.4 Å². The molecule has 64 valence electrons. The Balaban J connectivity index is 0. The lowest BCUT2D eigenvalue weighted by Crippen LogP contribution is -2.14. The van der Waals surface area contributed by atoms with Gasteiger partial charge in [-0.05, 0) is 12.2 Å². The van der Waals surface area contributed by atoms with E-state index in [4.69, 9.17) is 6.42 Å². The van der Waals surface area contributed by atoms with E-state index in [2.05, 4.69) is 50.2 Å². The van der Waals surface area contributed by atoms with Gasteiger partial charge in [0.2, 0.25) is 0 Å². The van der Waals surface area contributed by atoms with Crippen molar-refractivity contribution in [1.82, 2.24) is 0 Å². The molecule has 0 amide bonds. The van der Waals surface area contributed by atoms with E-state index in [1.807, 2.05) is 0 Å². The van der Waals surface area contributed by atoms with Gasteiger partial charge in [0.25, 0.3) is 0 Å². The van der Waals surface area contributed by atoms with Crippen molar-refractivity contribution in [3.05, 3.63) is 24.4 Å². The highest BCUT2D eigenvalue weighted by Crippen LogP contribution is 2.00. The molecule has 0 aromatic carbocycles. The topological polar surface area (TPSA) is 0 Å². The number of hydrogen-bond acceptors (Lipinski definition) is 0. The van der Waals surface area contributed by atoms with Crippen molar-refractivity contribution in [3.8, 4) is 24.7 Å². The first-order valence-corrected chi connectivity index (χ1v) is 7.26. The van der Waals surface area contributed by atoms with Gasteiger partial charge >= 0.3 is 0 Å². The SMILES string of the molecule is C#CC=C.C#CC=C[Si](C)(C)C. The summed E-state index contributed by atoms with van der Waals surface area (Å²) in [5.41, 5.74) is 2.15. The van der Waals surface area contributed by atoms with Crippen LogP contribution < -0.4 is 0 Å². The van der Waals surface area contributed by atoms with Crippen LogP contribution in [-0.4, -0.2) is 8.07 Å². The largest absolute Gasteiger partial charge is 0.115 e. The summed E-state index contributed by atoms with van der Waals surface area (Å²) in [5.74, 6) is 4.67. The summed E-state index contributed by atoms with van der Waals surface area (Å²) in [7, 11) is -1.00. The van der Waals surface area contributed by atoms with Gasteiger partial charge in [0, 0.05) is 0 Å². The summed E-state index contributed by atoms with van der Waals surface area (Å²) < 4.78 is 0. The molecule has 0 unspecified atom stereocenters. The zero-order chi connectivity index (χ0) is 10.0. The lowest BCUT2D eigenvalue weighted by molar-refractivity contribution is 1.77. The van der Waals surface area contributed by atoms with Crippen molar-refractivity contribution in [2.75, 3.05) is 0 Å². The molecular formula is C11H16Si. The quantitative estimate of drug-likeness (QED) is 0.426. The predicted octanol–water partition coefficient (Wildman–Crippen LogP) is 2.86. The second kappa shape index (κ2) is 7.92. The summed E-state index contributed by atoms with van der Waals surface area (Å²) in [5, 5.41) is 0. The normalized spacial score (nSPS) is 9.08. The van der Waals surface area contributed by atoms with Crippen molar-refractivity contribution in [1.29, 1.82) is 0 Å². The van der Waals surface area contributed by atoms with Crippen molar-refractivity contribution in [2.24, 2.45) is 0 Å². The van der Waals surface area contributed by atoms with Crippen LogP contribution in [-0.2, 0) is 0 Å². The van der Waals surface area contributed by atoms with Crippen LogP contribution in [0.3, 0.4) is 0 Å². The molecule has 0 aromatic heterocycles. The lowest BCUT2D eigenvalue weighted by Gasteiger charge is -2.05. The van der Waals surface area contributed by atoms with E-state index >= 15 is 0 Å². The molecule has 0 aromatic rings. The molecule has 0 heterocycles. The van der Waals surface area contributed by atoms with E-state index in [1.165, 1.54) is 6.08 Å². The first-order chi connectivity index (χ1) is 5.47. The van der Waals surface area contributed by atoms with E-state index in [-0.39, 0.29) is 0 Å². The van der Waals surface area contributed by atoms with Crippen LogP contribution in [0.15, 0.2) is 24.4 Å². The number of rotatable bonds is 1. The standard InChI is InChI=1S/C7H12Si.C4H4/c1-5-6-7-8(2,3)4;1-3-4-2/h1,6-7H,2-4H3;1,4H,2H2. The van der Waals surface area contributed by atoms with Crippen LogP contribution >= 0.6 is 0 Å². The van der Waals surface area contributed by atoms with Crippen LogP contribution in [0.5, 0.6) is 0 Å². The van der Waals surface area contributed by atoms with Gasteiger partial charge in [-0.15, -0.1) is 12.8 Å². The molecule has 0 spiro atoms. The Morgan fingerprint density at radius 2 is 1.58 bits per heavy atom. The van der Waals surface area contributed by atoms with Gasteiger partial charge in [0.1, 0.15) is 0 Å². The third-order valence-electron chi connectivity index (χ3n) is 0.797. The van der Waals surface area contributed by atoms with Crippen molar-refractivity contribution < 1.29 is 0 Å². The molecule has 0 radical (unpaired) electrons. The van der Waals surface area contributed by atoms with Crippen LogP contribution in [0.1, 0.15) is 0 Å². The summed E-state index contributed by atoms with van der Waals surface area (Å²) in [6.45, 7) is 10.00. The molecule has 0 aliphatic rings.